The molecule has 130 valence electrons. The Morgan fingerprint density at radius 1 is 1.25 bits per heavy atom. The van der Waals surface area contributed by atoms with Gasteiger partial charge >= 0.3 is 0 Å². The van der Waals surface area contributed by atoms with E-state index in [1.54, 1.807) is 19.2 Å². The molecule has 0 spiro atoms. The zero-order valence-electron chi connectivity index (χ0n) is 13.2. The Labute approximate surface area is 162 Å². The average Bonchev–Trinajstić information content (AvgIpc) is 3.01. The van der Waals surface area contributed by atoms with Crippen molar-refractivity contribution < 1.29 is 9.21 Å². The highest BCUT2D eigenvalue weighted by atomic mass is 127. The fraction of sp³-hybridized carbons (Fsp3) is 0.250. The number of benzene rings is 1. The first kappa shape index (κ1) is 20.3. The van der Waals surface area contributed by atoms with Crippen molar-refractivity contribution in [3.05, 3.63) is 58.5 Å². The quantitative estimate of drug-likeness (QED) is 0.349. The van der Waals surface area contributed by atoms with Gasteiger partial charge in [-0.05, 0) is 30.2 Å². The number of nitrogens with two attached hydrogens (primary N) is 1. The number of amides is 1. The fourth-order valence-corrected chi connectivity index (χ4v) is 2.24. The SMILES string of the molecule is CN=C(NCCc1ccccc1Cl)NCc1ccc(C(N)=O)o1.I. The lowest BCUT2D eigenvalue weighted by atomic mass is 10.1. The van der Waals surface area contributed by atoms with Crippen molar-refractivity contribution in [1.29, 1.82) is 0 Å². The first-order chi connectivity index (χ1) is 11.1. The fourth-order valence-electron chi connectivity index (χ4n) is 2.01. The Kier molecular flexibility index (Phi) is 8.62. The van der Waals surface area contributed by atoms with Crippen LogP contribution < -0.4 is 16.4 Å². The number of halogens is 2. The minimum Gasteiger partial charge on any atom is -0.454 e. The van der Waals surface area contributed by atoms with Gasteiger partial charge in [-0.3, -0.25) is 9.79 Å². The first-order valence-electron chi connectivity index (χ1n) is 7.16. The van der Waals surface area contributed by atoms with Gasteiger partial charge in [-0.25, -0.2) is 0 Å². The molecular weight excluding hydrogens is 443 g/mol. The Morgan fingerprint density at radius 2 is 2.00 bits per heavy atom. The molecular formula is C16H20ClIN4O2. The molecule has 0 bridgehead atoms. The largest absolute Gasteiger partial charge is 0.454 e. The van der Waals surface area contributed by atoms with E-state index in [1.807, 2.05) is 24.3 Å². The van der Waals surface area contributed by atoms with E-state index in [2.05, 4.69) is 15.6 Å². The molecule has 0 fully saturated rings. The van der Waals surface area contributed by atoms with Crippen LogP contribution in [0.15, 0.2) is 45.8 Å². The summed E-state index contributed by atoms with van der Waals surface area (Å²) in [5.74, 6) is 0.795. The van der Waals surface area contributed by atoms with Gasteiger partial charge in [-0.15, -0.1) is 24.0 Å². The average molecular weight is 463 g/mol. The summed E-state index contributed by atoms with van der Waals surface area (Å²) in [4.78, 5) is 15.1. The molecule has 0 atom stereocenters. The predicted molar refractivity (Wildman–Crippen MR) is 106 cm³/mol. The van der Waals surface area contributed by atoms with Crippen molar-refractivity contribution in [2.75, 3.05) is 13.6 Å². The lowest BCUT2D eigenvalue weighted by molar-refractivity contribution is 0.0972. The van der Waals surface area contributed by atoms with Crippen molar-refractivity contribution in [1.82, 2.24) is 10.6 Å². The van der Waals surface area contributed by atoms with Gasteiger partial charge in [-0.2, -0.15) is 0 Å². The molecule has 1 heterocycles. The number of guanidine groups is 1. The van der Waals surface area contributed by atoms with Crippen molar-refractivity contribution in [2.45, 2.75) is 13.0 Å². The van der Waals surface area contributed by atoms with E-state index in [0.717, 1.165) is 17.0 Å². The van der Waals surface area contributed by atoms with E-state index in [9.17, 15) is 4.79 Å². The Bertz CT molecular complexity index is 703. The molecule has 8 heteroatoms. The third-order valence-electron chi connectivity index (χ3n) is 3.20. The van der Waals surface area contributed by atoms with Gasteiger partial charge in [0.1, 0.15) is 5.76 Å². The molecule has 1 aromatic carbocycles. The van der Waals surface area contributed by atoms with Gasteiger partial charge in [0.15, 0.2) is 11.7 Å². The molecule has 1 amide bonds. The highest BCUT2D eigenvalue weighted by molar-refractivity contribution is 14.0. The molecule has 0 aliphatic rings. The molecule has 0 unspecified atom stereocenters. The van der Waals surface area contributed by atoms with Crippen molar-refractivity contribution >= 4 is 47.4 Å². The molecule has 0 saturated heterocycles. The molecule has 0 saturated carbocycles. The highest BCUT2D eigenvalue weighted by Crippen LogP contribution is 2.14. The zero-order valence-corrected chi connectivity index (χ0v) is 16.3. The Morgan fingerprint density at radius 3 is 2.62 bits per heavy atom. The van der Waals surface area contributed by atoms with Crippen LogP contribution in [0.3, 0.4) is 0 Å². The second-order valence-electron chi connectivity index (χ2n) is 4.82. The number of nitrogens with one attached hydrogen (secondary N) is 2. The zero-order chi connectivity index (χ0) is 16.7. The molecule has 0 aliphatic heterocycles. The minimum atomic E-state index is -0.585. The van der Waals surface area contributed by atoms with Crippen LogP contribution in [0.5, 0.6) is 0 Å². The summed E-state index contributed by atoms with van der Waals surface area (Å²) in [7, 11) is 1.68. The van der Waals surface area contributed by atoms with Gasteiger partial charge < -0.3 is 20.8 Å². The molecule has 0 aliphatic carbocycles. The topological polar surface area (TPSA) is 92.6 Å². The number of rotatable bonds is 6. The van der Waals surface area contributed by atoms with Crippen LogP contribution in [0.2, 0.25) is 5.02 Å². The molecule has 0 radical (unpaired) electrons. The van der Waals surface area contributed by atoms with E-state index in [0.29, 0.717) is 24.8 Å². The van der Waals surface area contributed by atoms with Gasteiger partial charge in [0, 0.05) is 18.6 Å². The van der Waals surface area contributed by atoms with E-state index in [-0.39, 0.29) is 29.7 Å². The lowest BCUT2D eigenvalue weighted by Gasteiger charge is -2.11. The standard InChI is InChI=1S/C16H19ClN4O2.HI/c1-19-16(20-9-8-11-4-2-3-5-13(11)17)21-10-12-6-7-14(23-12)15(18)22;/h2-7H,8-10H2,1H3,(H2,18,22)(H2,19,20,21);1H. The van der Waals surface area contributed by atoms with Crippen LogP contribution in [0.4, 0.5) is 0 Å². The molecule has 2 aromatic rings. The summed E-state index contributed by atoms with van der Waals surface area (Å²) in [6, 6.07) is 11.0. The maximum atomic E-state index is 11.0. The van der Waals surface area contributed by atoms with Crippen LogP contribution in [0, 0.1) is 0 Å². The van der Waals surface area contributed by atoms with Gasteiger partial charge in [0.2, 0.25) is 0 Å². The third kappa shape index (κ3) is 6.04. The lowest BCUT2D eigenvalue weighted by Crippen LogP contribution is -2.37. The van der Waals surface area contributed by atoms with Gasteiger partial charge in [0.05, 0.1) is 6.54 Å². The van der Waals surface area contributed by atoms with Crippen LogP contribution in [-0.2, 0) is 13.0 Å². The second kappa shape index (κ2) is 10.2. The Balaban J connectivity index is 0.00000288. The maximum absolute atomic E-state index is 11.0. The number of carbonyl (C=O) groups is 1. The number of hydrogen-bond acceptors (Lipinski definition) is 3. The molecule has 2 rings (SSSR count). The number of hydrogen-bond donors (Lipinski definition) is 3. The number of aliphatic imine (C=N–C) groups is 1. The molecule has 1 aromatic heterocycles. The van der Waals surface area contributed by atoms with E-state index in [4.69, 9.17) is 21.8 Å². The summed E-state index contributed by atoms with van der Waals surface area (Å²) < 4.78 is 5.29. The number of furan rings is 1. The predicted octanol–water partition coefficient (Wildman–Crippen LogP) is 2.56. The van der Waals surface area contributed by atoms with Crippen LogP contribution in [0.25, 0.3) is 0 Å². The van der Waals surface area contributed by atoms with Crippen LogP contribution in [-0.4, -0.2) is 25.5 Å². The minimum absolute atomic E-state index is 0. The normalized spacial score (nSPS) is 10.8. The van der Waals surface area contributed by atoms with Crippen molar-refractivity contribution in [3.8, 4) is 0 Å². The van der Waals surface area contributed by atoms with Crippen LogP contribution >= 0.6 is 35.6 Å². The number of primary amides is 1. The Hall–Kier alpha value is -1.74. The summed E-state index contributed by atoms with van der Waals surface area (Å²) in [6.07, 6.45) is 0.785. The van der Waals surface area contributed by atoms with E-state index in [1.165, 1.54) is 0 Å². The monoisotopic (exact) mass is 462 g/mol. The summed E-state index contributed by atoms with van der Waals surface area (Å²) in [6.45, 7) is 1.09. The van der Waals surface area contributed by atoms with Gasteiger partial charge in [-0.1, -0.05) is 29.8 Å². The second-order valence-corrected chi connectivity index (χ2v) is 5.23. The summed E-state index contributed by atoms with van der Waals surface area (Å²) in [5.41, 5.74) is 6.22. The molecule has 4 N–H and O–H groups in total. The highest BCUT2D eigenvalue weighted by Gasteiger charge is 2.07. The maximum Gasteiger partial charge on any atom is 0.284 e. The van der Waals surface area contributed by atoms with E-state index >= 15 is 0 Å². The summed E-state index contributed by atoms with van der Waals surface area (Å²) >= 11 is 6.12. The first-order valence-corrected chi connectivity index (χ1v) is 7.54. The van der Waals surface area contributed by atoms with E-state index < -0.39 is 5.91 Å². The van der Waals surface area contributed by atoms with Gasteiger partial charge in [0.25, 0.3) is 5.91 Å². The summed E-state index contributed by atoms with van der Waals surface area (Å²) in [5, 5.41) is 7.05. The number of carbonyl (C=O) groups excluding carboxylic acids is 1. The smallest absolute Gasteiger partial charge is 0.284 e. The number of nitrogens with zero attached hydrogens (tertiary/aromatic N) is 1. The third-order valence-corrected chi connectivity index (χ3v) is 3.57. The molecule has 24 heavy (non-hydrogen) atoms. The molecule has 6 nitrogen and oxygen atoms in total. The van der Waals surface area contributed by atoms with Crippen LogP contribution in [0.1, 0.15) is 21.9 Å². The van der Waals surface area contributed by atoms with Crippen molar-refractivity contribution in [3.63, 3.8) is 0 Å². The van der Waals surface area contributed by atoms with Crippen molar-refractivity contribution in [2.24, 2.45) is 10.7 Å².